The highest BCUT2D eigenvalue weighted by molar-refractivity contribution is 7.09. The fourth-order valence-electron chi connectivity index (χ4n) is 3.94. The van der Waals surface area contributed by atoms with E-state index in [2.05, 4.69) is 10.3 Å². The molecule has 1 N–H and O–H groups in total. The van der Waals surface area contributed by atoms with E-state index >= 15 is 0 Å². The number of carbonyl (C=O) groups excluding carboxylic acids is 3. The molecule has 0 fully saturated rings. The molecule has 0 unspecified atom stereocenters. The monoisotopic (exact) mass is 495 g/mol. The van der Waals surface area contributed by atoms with Gasteiger partial charge in [-0.2, -0.15) is 0 Å². The summed E-state index contributed by atoms with van der Waals surface area (Å²) in [6, 6.07) is 8.76. The van der Waals surface area contributed by atoms with Gasteiger partial charge in [-0.05, 0) is 31.0 Å². The SMILES string of the molecule is COc1cc(NC(C)=O)c(C(=O)OCC(=O)N2CCc3cc(-c4csc(C)n4)ccc32)cc1OC. The summed E-state index contributed by atoms with van der Waals surface area (Å²) < 4.78 is 15.8. The van der Waals surface area contributed by atoms with Gasteiger partial charge in [-0.15, -0.1) is 11.3 Å². The normalized spacial score (nSPS) is 12.2. The fraction of sp³-hybridized carbons (Fsp3) is 0.280. The van der Waals surface area contributed by atoms with Crippen LogP contribution in [0.5, 0.6) is 11.5 Å². The van der Waals surface area contributed by atoms with Crippen molar-refractivity contribution in [1.29, 1.82) is 0 Å². The van der Waals surface area contributed by atoms with Crippen LogP contribution in [0.3, 0.4) is 0 Å². The first-order valence-corrected chi connectivity index (χ1v) is 11.7. The number of thiazole rings is 1. The Labute approximate surface area is 206 Å². The van der Waals surface area contributed by atoms with Crippen LogP contribution >= 0.6 is 11.3 Å². The smallest absolute Gasteiger partial charge is 0.340 e. The lowest BCUT2D eigenvalue weighted by Gasteiger charge is -2.18. The minimum atomic E-state index is -0.767. The van der Waals surface area contributed by atoms with E-state index < -0.39 is 12.6 Å². The van der Waals surface area contributed by atoms with E-state index in [1.165, 1.54) is 33.3 Å². The summed E-state index contributed by atoms with van der Waals surface area (Å²) in [6.45, 7) is 3.34. The predicted molar refractivity (Wildman–Crippen MR) is 132 cm³/mol. The summed E-state index contributed by atoms with van der Waals surface area (Å²) in [5, 5.41) is 5.59. The van der Waals surface area contributed by atoms with E-state index in [1.54, 1.807) is 16.2 Å². The van der Waals surface area contributed by atoms with Crippen molar-refractivity contribution in [2.45, 2.75) is 20.3 Å². The Bertz CT molecular complexity index is 1300. The van der Waals surface area contributed by atoms with Crippen LogP contribution in [0, 0.1) is 6.92 Å². The Hall–Kier alpha value is -3.92. The van der Waals surface area contributed by atoms with Crippen LogP contribution in [0.4, 0.5) is 11.4 Å². The summed E-state index contributed by atoms with van der Waals surface area (Å²) >= 11 is 1.59. The van der Waals surface area contributed by atoms with Crippen molar-refractivity contribution >= 4 is 40.5 Å². The van der Waals surface area contributed by atoms with E-state index in [0.29, 0.717) is 24.5 Å². The van der Waals surface area contributed by atoms with E-state index in [1.807, 2.05) is 30.5 Å². The molecule has 10 heteroatoms. The standard InChI is InChI=1S/C25H25N3O6S/c1-14(29)26-19-11-23(33-4)22(32-3)10-18(19)25(31)34-12-24(30)28-8-7-17-9-16(5-6-21(17)28)20-13-35-15(2)27-20/h5-6,9-11,13H,7-8,12H2,1-4H3,(H,26,29). The van der Waals surface area contributed by atoms with Crippen molar-refractivity contribution < 1.29 is 28.6 Å². The number of aromatic nitrogens is 1. The second-order valence-corrected chi connectivity index (χ2v) is 8.96. The lowest BCUT2D eigenvalue weighted by Crippen LogP contribution is -2.33. The third kappa shape index (κ3) is 5.12. The Balaban J connectivity index is 1.48. The topological polar surface area (TPSA) is 107 Å². The summed E-state index contributed by atoms with van der Waals surface area (Å²) in [4.78, 5) is 43.5. The average Bonchev–Trinajstić information content (AvgIpc) is 3.47. The molecule has 0 radical (unpaired) electrons. The molecular formula is C25H25N3O6S. The number of nitrogens with one attached hydrogen (secondary N) is 1. The number of fused-ring (bicyclic) bond motifs is 1. The first-order valence-electron chi connectivity index (χ1n) is 10.9. The Morgan fingerprint density at radius 2 is 1.86 bits per heavy atom. The predicted octanol–water partition coefficient (Wildman–Crippen LogP) is 3.84. The number of rotatable bonds is 7. The van der Waals surface area contributed by atoms with Gasteiger partial charge in [-0.3, -0.25) is 9.59 Å². The number of methoxy groups -OCH3 is 2. The number of aryl methyl sites for hydroxylation is 1. The van der Waals surface area contributed by atoms with Gasteiger partial charge >= 0.3 is 5.97 Å². The molecule has 1 aromatic heterocycles. The first-order chi connectivity index (χ1) is 16.8. The van der Waals surface area contributed by atoms with Crippen LogP contribution in [-0.2, 0) is 20.7 Å². The molecule has 3 aromatic rings. The number of nitrogens with zero attached hydrogens (tertiary/aromatic N) is 2. The summed E-state index contributed by atoms with van der Waals surface area (Å²) in [5.41, 5.74) is 4.01. The van der Waals surface area contributed by atoms with Crippen LogP contribution in [0.2, 0.25) is 0 Å². The van der Waals surface area contributed by atoms with Crippen molar-refractivity contribution in [1.82, 2.24) is 4.98 Å². The molecule has 4 rings (SSSR count). The molecule has 0 spiro atoms. The molecule has 182 valence electrons. The van der Waals surface area contributed by atoms with Crippen molar-refractivity contribution in [3.05, 3.63) is 51.8 Å². The van der Waals surface area contributed by atoms with Gasteiger partial charge in [0, 0.05) is 42.2 Å². The molecule has 1 aliphatic rings. The van der Waals surface area contributed by atoms with Gasteiger partial charge in [0.05, 0.1) is 36.2 Å². The maximum Gasteiger partial charge on any atom is 0.340 e. The zero-order valence-corrected chi connectivity index (χ0v) is 20.7. The molecule has 0 atom stereocenters. The molecule has 9 nitrogen and oxygen atoms in total. The van der Waals surface area contributed by atoms with Gasteiger partial charge in [-0.1, -0.05) is 6.07 Å². The number of hydrogen-bond donors (Lipinski definition) is 1. The van der Waals surface area contributed by atoms with E-state index in [-0.39, 0.29) is 23.1 Å². The summed E-state index contributed by atoms with van der Waals surface area (Å²) in [6.07, 6.45) is 0.703. The van der Waals surface area contributed by atoms with Crippen LogP contribution in [0.1, 0.15) is 27.9 Å². The molecule has 0 aliphatic carbocycles. The number of amides is 2. The molecule has 35 heavy (non-hydrogen) atoms. The van der Waals surface area contributed by atoms with Crippen molar-refractivity contribution in [2.75, 3.05) is 37.6 Å². The van der Waals surface area contributed by atoms with Crippen LogP contribution in [0.25, 0.3) is 11.3 Å². The van der Waals surface area contributed by atoms with E-state index in [0.717, 1.165) is 27.5 Å². The molecule has 2 heterocycles. The molecule has 0 saturated carbocycles. The van der Waals surface area contributed by atoms with Gasteiger partial charge in [0.2, 0.25) is 5.91 Å². The number of anilines is 2. The maximum atomic E-state index is 12.9. The number of ether oxygens (including phenoxy) is 3. The lowest BCUT2D eigenvalue weighted by atomic mass is 10.1. The largest absolute Gasteiger partial charge is 0.493 e. The Kier molecular flexibility index (Phi) is 7.02. The molecule has 2 amide bonds. The second kappa shape index (κ2) is 10.1. The molecule has 0 saturated heterocycles. The number of esters is 1. The second-order valence-electron chi connectivity index (χ2n) is 7.90. The Morgan fingerprint density at radius 1 is 1.11 bits per heavy atom. The van der Waals surface area contributed by atoms with Gasteiger partial charge < -0.3 is 24.4 Å². The number of benzene rings is 2. The zero-order valence-electron chi connectivity index (χ0n) is 19.8. The highest BCUT2D eigenvalue weighted by atomic mass is 32.1. The third-order valence-electron chi connectivity index (χ3n) is 5.57. The van der Waals surface area contributed by atoms with Crippen molar-refractivity contribution in [2.24, 2.45) is 0 Å². The van der Waals surface area contributed by atoms with E-state index in [9.17, 15) is 14.4 Å². The minimum Gasteiger partial charge on any atom is -0.493 e. The number of hydrogen-bond acceptors (Lipinski definition) is 8. The van der Waals surface area contributed by atoms with Gasteiger partial charge in [0.25, 0.3) is 5.91 Å². The average molecular weight is 496 g/mol. The minimum absolute atomic E-state index is 0.0515. The van der Waals surface area contributed by atoms with Crippen LogP contribution in [0.15, 0.2) is 35.7 Å². The van der Waals surface area contributed by atoms with Gasteiger partial charge in [0.15, 0.2) is 18.1 Å². The maximum absolute atomic E-state index is 12.9. The van der Waals surface area contributed by atoms with Crippen molar-refractivity contribution in [3.8, 4) is 22.8 Å². The fourth-order valence-corrected chi connectivity index (χ4v) is 4.56. The third-order valence-corrected chi connectivity index (χ3v) is 6.35. The van der Waals surface area contributed by atoms with Crippen molar-refractivity contribution in [3.63, 3.8) is 0 Å². The highest BCUT2D eigenvalue weighted by Crippen LogP contribution is 2.35. The molecular weight excluding hydrogens is 470 g/mol. The van der Waals surface area contributed by atoms with Crippen LogP contribution < -0.4 is 19.7 Å². The molecule has 1 aliphatic heterocycles. The van der Waals surface area contributed by atoms with Crippen LogP contribution in [-0.4, -0.2) is 50.1 Å². The highest BCUT2D eigenvalue weighted by Gasteiger charge is 2.27. The quantitative estimate of drug-likeness (QED) is 0.496. The Morgan fingerprint density at radius 3 is 2.51 bits per heavy atom. The van der Waals surface area contributed by atoms with Gasteiger partial charge in [-0.25, -0.2) is 9.78 Å². The number of carbonyl (C=O) groups is 3. The van der Waals surface area contributed by atoms with Gasteiger partial charge in [0.1, 0.15) is 0 Å². The van der Waals surface area contributed by atoms with E-state index in [4.69, 9.17) is 14.2 Å². The summed E-state index contributed by atoms with van der Waals surface area (Å²) in [7, 11) is 2.88. The molecule has 0 bridgehead atoms. The summed E-state index contributed by atoms with van der Waals surface area (Å²) in [5.74, 6) is -0.847. The lowest BCUT2D eigenvalue weighted by molar-refractivity contribution is -0.121. The zero-order chi connectivity index (χ0) is 25.1. The first kappa shape index (κ1) is 24.2. The molecule has 2 aromatic carbocycles.